The highest BCUT2D eigenvalue weighted by Gasteiger charge is 2.03. The van der Waals surface area contributed by atoms with Crippen LogP contribution in [0, 0.1) is 18.6 Å². The van der Waals surface area contributed by atoms with Gasteiger partial charge in [0.2, 0.25) is 0 Å². The molecule has 130 valence electrons. The second kappa shape index (κ2) is 9.32. The molecule has 0 saturated heterocycles. The van der Waals surface area contributed by atoms with Crippen LogP contribution in [0.15, 0.2) is 29.4 Å². The third-order valence-corrected chi connectivity index (χ3v) is 4.21. The molecule has 0 amide bonds. The third kappa shape index (κ3) is 6.23. The maximum absolute atomic E-state index is 13.2. The molecule has 1 aromatic carbocycles. The van der Waals surface area contributed by atoms with Gasteiger partial charge < -0.3 is 10.6 Å². The number of aromatic nitrogens is 1. The molecule has 0 bridgehead atoms. The number of aliphatic imine (C=N–C) groups is 1. The van der Waals surface area contributed by atoms with Gasteiger partial charge in [0.05, 0.1) is 5.01 Å². The van der Waals surface area contributed by atoms with Crippen molar-refractivity contribution in [2.45, 2.75) is 26.7 Å². The predicted molar refractivity (Wildman–Crippen MR) is 94.6 cm³/mol. The Balaban J connectivity index is 1.82. The number of aryl methyl sites for hydroxylation is 1. The van der Waals surface area contributed by atoms with Gasteiger partial charge in [-0.15, -0.1) is 11.3 Å². The van der Waals surface area contributed by atoms with Crippen LogP contribution in [0.5, 0.6) is 0 Å². The fraction of sp³-hybridized carbons (Fsp3) is 0.412. The van der Waals surface area contributed by atoms with Gasteiger partial charge in [-0.2, -0.15) is 0 Å². The summed E-state index contributed by atoms with van der Waals surface area (Å²) >= 11 is 1.68. The fourth-order valence-electron chi connectivity index (χ4n) is 2.20. The first-order valence-electron chi connectivity index (χ1n) is 7.95. The lowest BCUT2D eigenvalue weighted by atomic mass is 10.1. The minimum absolute atomic E-state index is 0.519. The first-order chi connectivity index (χ1) is 11.6. The van der Waals surface area contributed by atoms with Gasteiger partial charge >= 0.3 is 0 Å². The van der Waals surface area contributed by atoms with Crippen LogP contribution < -0.4 is 10.6 Å². The van der Waals surface area contributed by atoms with Crippen LogP contribution >= 0.6 is 11.3 Å². The van der Waals surface area contributed by atoms with E-state index in [1.54, 1.807) is 11.3 Å². The SMILES string of the molecule is CCNC(=NCCc1ncc(C)s1)NCCc1cc(F)cc(F)c1. The Hall–Kier alpha value is -2.02. The Bertz CT molecular complexity index is 665. The van der Waals surface area contributed by atoms with E-state index in [0.717, 1.165) is 24.0 Å². The average molecular weight is 352 g/mol. The molecule has 0 saturated carbocycles. The first-order valence-corrected chi connectivity index (χ1v) is 8.77. The molecule has 2 N–H and O–H groups in total. The largest absolute Gasteiger partial charge is 0.357 e. The van der Waals surface area contributed by atoms with Crippen LogP contribution in [0.4, 0.5) is 8.78 Å². The Morgan fingerprint density at radius 2 is 1.92 bits per heavy atom. The molecule has 0 unspecified atom stereocenters. The smallest absolute Gasteiger partial charge is 0.191 e. The van der Waals surface area contributed by atoms with Crippen molar-refractivity contribution in [2.75, 3.05) is 19.6 Å². The van der Waals surface area contributed by atoms with Crippen LogP contribution in [0.25, 0.3) is 0 Å². The average Bonchev–Trinajstić information content (AvgIpc) is 2.92. The van der Waals surface area contributed by atoms with Crippen molar-refractivity contribution in [1.82, 2.24) is 15.6 Å². The summed E-state index contributed by atoms with van der Waals surface area (Å²) in [4.78, 5) is 10.0. The van der Waals surface area contributed by atoms with E-state index in [0.29, 0.717) is 31.0 Å². The number of rotatable bonds is 7. The molecular formula is C17H22F2N4S. The number of guanidine groups is 1. The van der Waals surface area contributed by atoms with Crippen LogP contribution in [-0.4, -0.2) is 30.6 Å². The van der Waals surface area contributed by atoms with Crippen molar-refractivity contribution in [3.05, 3.63) is 51.5 Å². The van der Waals surface area contributed by atoms with E-state index < -0.39 is 11.6 Å². The van der Waals surface area contributed by atoms with Crippen molar-refractivity contribution in [1.29, 1.82) is 0 Å². The number of benzene rings is 1. The molecule has 2 aromatic rings. The summed E-state index contributed by atoms with van der Waals surface area (Å²) in [5.74, 6) is -0.406. The molecule has 0 spiro atoms. The molecule has 4 nitrogen and oxygen atoms in total. The molecule has 2 rings (SSSR count). The molecule has 7 heteroatoms. The van der Waals surface area contributed by atoms with E-state index in [1.807, 2.05) is 20.0 Å². The second-order valence-corrected chi connectivity index (χ2v) is 6.65. The Morgan fingerprint density at radius 1 is 1.17 bits per heavy atom. The van der Waals surface area contributed by atoms with E-state index in [9.17, 15) is 8.78 Å². The van der Waals surface area contributed by atoms with E-state index >= 15 is 0 Å². The minimum Gasteiger partial charge on any atom is -0.357 e. The van der Waals surface area contributed by atoms with Gasteiger partial charge in [-0.1, -0.05) is 0 Å². The van der Waals surface area contributed by atoms with Gasteiger partial charge in [0.1, 0.15) is 11.6 Å². The van der Waals surface area contributed by atoms with Gasteiger partial charge in [0.25, 0.3) is 0 Å². The number of hydrogen-bond donors (Lipinski definition) is 2. The molecular weight excluding hydrogens is 330 g/mol. The van der Waals surface area contributed by atoms with E-state index in [2.05, 4.69) is 20.6 Å². The van der Waals surface area contributed by atoms with E-state index in [1.165, 1.54) is 17.0 Å². The Kier molecular flexibility index (Phi) is 7.11. The highest BCUT2D eigenvalue weighted by Crippen LogP contribution is 2.11. The van der Waals surface area contributed by atoms with Crippen LogP contribution in [0.3, 0.4) is 0 Å². The van der Waals surface area contributed by atoms with Gasteiger partial charge in [0, 0.05) is 43.2 Å². The highest BCUT2D eigenvalue weighted by atomic mass is 32.1. The van der Waals surface area contributed by atoms with E-state index in [4.69, 9.17) is 0 Å². The summed E-state index contributed by atoms with van der Waals surface area (Å²) in [5.41, 5.74) is 0.620. The van der Waals surface area contributed by atoms with Gasteiger partial charge in [-0.05, 0) is 38.0 Å². The summed E-state index contributed by atoms with van der Waals surface area (Å²) in [7, 11) is 0. The number of nitrogens with zero attached hydrogens (tertiary/aromatic N) is 2. The van der Waals surface area contributed by atoms with Gasteiger partial charge in [0.15, 0.2) is 5.96 Å². The van der Waals surface area contributed by atoms with Crippen molar-refractivity contribution >= 4 is 17.3 Å². The molecule has 0 aliphatic rings. The molecule has 1 aromatic heterocycles. The van der Waals surface area contributed by atoms with E-state index in [-0.39, 0.29) is 0 Å². The molecule has 0 fully saturated rings. The summed E-state index contributed by atoms with van der Waals surface area (Å²) in [6.45, 7) is 5.95. The summed E-state index contributed by atoms with van der Waals surface area (Å²) in [5, 5.41) is 7.41. The van der Waals surface area contributed by atoms with Crippen molar-refractivity contribution in [3.8, 4) is 0 Å². The molecule has 0 aliphatic heterocycles. The zero-order valence-corrected chi connectivity index (χ0v) is 14.7. The summed E-state index contributed by atoms with van der Waals surface area (Å²) < 4.78 is 26.3. The van der Waals surface area contributed by atoms with Crippen LogP contribution in [-0.2, 0) is 12.8 Å². The number of nitrogens with one attached hydrogen (secondary N) is 2. The Labute approximate surface area is 145 Å². The van der Waals surface area contributed by atoms with Crippen LogP contribution in [0.1, 0.15) is 22.4 Å². The van der Waals surface area contributed by atoms with Crippen LogP contribution in [0.2, 0.25) is 0 Å². The lowest BCUT2D eigenvalue weighted by molar-refractivity contribution is 0.579. The minimum atomic E-state index is -0.552. The maximum atomic E-state index is 13.2. The lowest BCUT2D eigenvalue weighted by Gasteiger charge is -2.11. The summed E-state index contributed by atoms with van der Waals surface area (Å²) in [6.07, 6.45) is 3.18. The zero-order valence-electron chi connectivity index (χ0n) is 13.9. The predicted octanol–water partition coefficient (Wildman–Crippen LogP) is 3.07. The number of halogens is 2. The monoisotopic (exact) mass is 352 g/mol. The third-order valence-electron chi connectivity index (χ3n) is 3.24. The zero-order chi connectivity index (χ0) is 17.4. The maximum Gasteiger partial charge on any atom is 0.191 e. The molecule has 0 radical (unpaired) electrons. The Morgan fingerprint density at radius 3 is 2.54 bits per heavy atom. The standard InChI is InChI=1S/C17H22F2N4S/c1-3-20-17(22-7-5-16-23-11-12(2)24-16)21-6-4-13-8-14(18)10-15(19)9-13/h8-11H,3-7H2,1-2H3,(H2,20,21,22). The lowest BCUT2D eigenvalue weighted by Crippen LogP contribution is -2.38. The quantitative estimate of drug-likeness (QED) is 0.595. The number of hydrogen-bond acceptors (Lipinski definition) is 3. The molecule has 1 heterocycles. The summed E-state index contributed by atoms with van der Waals surface area (Å²) in [6, 6.07) is 3.57. The van der Waals surface area contributed by atoms with Crippen molar-refractivity contribution in [3.63, 3.8) is 0 Å². The second-order valence-electron chi connectivity index (χ2n) is 5.33. The molecule has 0 aliphatic carbocycles. The molecule has 0 atom stereocenters. The fourth-order valence-corrected chi connectivity index (χ4v) is 2.98. The first kappa shape index (κ1) is 18.3. The number of thiazole rings is 1. The highest BCUT2D eigenvalue weighted by molar-refractivity contribution is 7.11. The van der Waals surface area contributed by atoms with Gasteiger partial charge in [-0.25, -0.2) is 13.8 Å². The topological polar surface area (TPSA) is 49.3 Å². The van der Waals surface area contributed by atoms with Crippen molar-refractivity contribution in [2.24, 2.45) is 4.99 Å². The van der Waals surface area contributed by atoms with Crippen molar-refractivity contribution < 1.29 is 8.78 Å². The molecule has 24 heavy (non-hydrogen) atoms. The van der Waals surface area contributed by atoms with Gasteiger partial charge in [-0.3, -0.25) is 4.99 Å². The normalized spacial score (nSPS) is 11.6.